The zero-order valence-electron chi connectivity index (χ0n) is 11.8. The third kappa shape index (κ3) is 3.44. The molecule has 0 fully saturated rings. The van der Waals surface area contributed by atoms with E-state index in [-0.39, 0.29) is 5.91 Å². The second-order valence-electron chi connectivity index (χ2n) is 4.55. The fraction of sp³-hybridized carbons (Fsp3) is 0.400. The standard InChI is InChI=1S/C15H19N3O2/c1-3-4-15(19)16-8-7-14-12-9-11(20-2)5-6-13(12)17-10-18-14/h5-6,9-10H,3-4,7-8H2,1-2H3,(H,16,19). The first-order valence-corrected chi connectivity index (χ1v) is 6.79. The number of methoxy groups -OCH3 is 1. The maximum Gasteiger partial charge on any atom is 0.219 e. The molecular weight excluding hydrogens is 254 g/mol. The molecule has 1 aromatic carbocycles. The van der Waals surface area contributed by atoms with Gasteiger partial charge in [-0.1, -0.05) is 6.92 Å². The highest BCUT2D eigenvalue weighted by Gasteiger charge is 2.06. The average molecular weight is 273 g/mol. The SMILES string of the molecule is CCCC(=O)NCCc1ncnc2ccc(OC)cc12. The van der Waals surface area contributed by atoms with Gasteiger partial charge in [0.25, 0.3) is 0 Å². The van der Waals surface area contributed by atoms with E-state index in [4.69, 9.17) is 4.74 Å². The van der Waals surface area contributed by atoms with E-state index in [1.54, 1.807) is 13.4 Å². The Hall–Kier alpha value is -2.17. The number of fused-ring (bicyclic) bond motifs is 1. The van der Waals surface area contributed by atoms with Crippen LogP contribution in [0.3, 0.4) is 0 Å². The van der Waals surface area contributed by atoms with Crippen molar-refractivity contribution in [2.75, 3.05) is 13.7 Å². The first-order chi connectivity index (χ1) is 9.74. The number of amides is 1. The summed E-state index contributed by atoms with van der Waals surface area (Å²) in [6.45, 7) is 2.58. The molecule has 0 radical (unpaired) electrons. The Kier molecular flexibility index (Phi) is 4.87. The molecule has 0 saturated carbocycles. The molecule has 5 nitrogen and oxygen atoms in total. The number of hydrogen-bond acceptors (Lipinski definition) is 4. The number of ether oxygens (including phenoxy) is 1. The quantitative estimate of drug-likeness (QED) is 0.875. The van der Waals surface area contributed by atoms with Crippen molar-refractivity contribution in [1.82, 2.24) is 15.3 Å². The van der Waals surface area contributed by atoms with E-state index >= 15 is 0 Å². The van der Waals surface area contributed by atoms with Gasteiger partial charge in [0.2, 0.25) is 5.91 Å². The van der Waals surface area contributed by atoms with E-state index in [1.807, 2.05) is 25.1 Å². The molecule has 5 heteroatoms. The van der Waals surface area contributed by atoms with Crippen LogP contribution >= 0.6 is 0 Å². The first kappa shape index (κ1) is 14.2. The molecule has 0 aliphatic heterocycles. The molecule has 2 rings (SSSR count). The van der Waals surface area contributed by atoms with E-state index in [1.165, 1.54) is 0 Å². The van der Waals surface area contributed by atoms with Gasteiger partial charge in [-0.3, -0.25) is 4.79 Å². The maximum absolute atomic E-state index is 11.4. The fourth-order valence-electron chi connectivity index (χ4n) is 2.05. The Balaban J connectivity index is 2.11. The van der Waals surface area contributed by atoms with Gasteiger partial charge in [-0.05, 0) is 24.6 Å². The van der Waals surface area contributed by atoms with Crippen LogP contribution in [0, 0.1) is 0 Å². The van der Waals surface area contributed by atoms with Crippen LogP contribution in [0.2, 0.25) is 0 Å². The Bertz CT molecular complexity index is 599. The van der Waals surface area contributed by atoms with E-state index in [9.17, 15) is 4.79 Å². The van der Waals surface area contributed by atoms with Gasteiger partial charge in [0.1, 0.15) is 12.1 Å². The molecule has 2 aromatic rings. The minimum atomic E-state index is 0.0865. The van der Waals surface area contributed by atoms with Crippen LogP contribution in [0.4, 0.5) is 0 Å². The van der Waals surface area contributed by atoms with E-state index in [2.05, 4.69) is 15.3 Å². The predicted octanol–water partition coefficient (Wildman–Crippen LogP) is 2.10. The molecule has 0 saturated heterocycles. The van der Waals surface area contributed by atoms with E-state index in [0.29, 0.717) is 19.4 Å². The molecule has 1 aromatic heterocycles. The number of hydrogen-bond donors (Lipinski definition) is 1. The summed E-state index contributed by atoms with van der Waals surface area (Å²) in [7, 11) is 1.63. The van der Waals surface area contributed by atoms with Gasteiger partial charge in [0, 0.05) is 24.8 Å². The van der Waals surface area contributed by atoms with Gasteiger partial charge >= 0.3 is 0 Å². The number of benzene rings is 1. The number of rotatable bonds is 6. The zero-order valence-corrected chi connectivity index (χ0v) is 11.8. The van der Waals surface area contributed by atoms with Crippen LogP contribution in [0.25, 0.3) is 10.9 Å². The lowest BCUT2D eigenvalue weighted by atomic mass is 10.1. The third-order valence-corrected chi connectivity index (χ3v) is 3.09. The molecule has 106 valence electrons. The van der Waals surface area contributed by atoms with Crippen molar-refractivity contribution in [2.24, 2.45) is 0 Å². The molecule has 0 aliphatic carbocycles. The number of nitrogens with zero attached hydrogens (tertiary/aromatic N) is 2. The molecule has 0 aliphatic rings. The van der Waals surface area contributed by atoms with Gasteiger partial charge < -0.3 is 10.1 Å². The predicted molar refractivity (Wildman–Crippen MR) is 77.7 cm³/mol. The largest absolute Gasteiger partial charge is 0.497 e. The lowest BCUT2D eigenvalue weighted by Crippen LogP contribution is -2.25. The normalized spacial score (nSPS) is 10.5. The Morgan fingerprint density at radius 1 is 1.35 bits per heavy atom. The third-order valence-electron chi connectivity index (χ3n) is 3.09. The molecule has 0 unspecified atom stereocenters. The summed E-state index contributed by atoms with van der Waals surface area (Å²) < 4.78 is 5.23. The molecule has 1 N–H and O–H groups in total. The van der Waals surface area contributed by atoms with Crippen molar-refractivity contribution in [3.63, 3.8) is 0 Å². The summed E-state index contributed by atoms with van der Waals surface area (Å²) in [5, 5.41) is 3.86. The van der Waals surface area contributed by atoms with Crippen molar-refractivity contribution in [3.05, 3.63) is 30.2 Å². The van der Waals surface area contributed by atoms with Crippen molar-refractivity contribution in [3.8, 4) is 5.75 Å². The van der Waals surface area contributed by atoms with Crippen molar-refractivity contribution < 1.29 is 9.53 Å². The fourth-order valence-corrected chi connectivity index (χ4v) is 2.05. The highest BCUT2D eigenvalue weighted by molar-refractivity contribution is 5.82. The lowest BCUT2D eigenvalue weighted by molar-refractivity contribution is -0.121. The Morgan fingerprint density at radius 3 is 2.95 bits per heavy atom. The molecular formula is C15H19N3O2. The van der Waals surface area contributed by atoms with Crippen LogP contribution in [-0.2, 0) is 11.2 Å². The monoisotopic (exact) mass is 273 g/mol. The molecule has 0 atom stereocenters. The van der Waals surface area contributed by atoms with Gasteiger partial charge in [-0.25, -0.2) is 9.97 Å². The van der Waals surface area contributed by atoms with Gasteiger partial charge in [0.15, 0.2) is 0 Å². The highest BCUT2D eigenvalue weighted by Crippen LogP contribution is 2.21. The summed E-state index contributed by atoms with van der Waals surface area (Å²) in [5.74, 6) is 0.868. The molecule has 0 spiro atoms. The summed E-state index contributed by atoms with van der Waals surface area (Å²) in [6.07, 6.45) is 3.66. The van der Waals surface area contributed by atoms with Crippen LogP contribution in [0.1, 0.15) is 25.5 Å². The highest BCUT2D eigenvalue weighted by atomic mass is 16.5. The minimum Gasteiger partial charge on any atom is -0.497 e. The summed E-state index contributed by atoms with van der Waals surface area (Å²) in [4.78, 5) is 20.0. The zero-order chi connectivity index (χ0) is 14.4. The lowest BCUT2D eigenvalue weighted by Gasteiger charge is -2.08. The summed E-state index contributed by atoms with van der Waals surface area (Å²) in [6, 6.07) is 5.72. The number of carbonyl (C=O) groups is 1. The Morgan fingerprint density at radius 2 is 2.20 bits per heavy atom. The van der Waals surface area contributed by atoms with Crippen LogP contribution in [0.15, 0.2) is 24.5 Å². The smallest absolute Gasteiger partial charge is 0.219 e. The van der Waals surface area contributed by atoms with Gasteiger partial charge in [-0.15, -0.1) is 0 Å². The van der Waals surface area contributed by atoms with E-state index < -0.39 is 0 Å². The second kappa shape index (κ2) is 6.84. The second-order valence-corrected chi connectivity index (χ2v) is 4.55. The molecule has 1 amide bonds. The van der Waals surface area contributed by atoms with Crippen molar-refractivity contribution in [1.29, 1.82) is 0 Å². The Labute approximate surface area is 118 Å². The molecule has 1 heterocycles. The average Bonchev–Trinajstić information content (AvgIpc) is 2.47. The molecule has 20 heavy (non-hydrogen) atoms. The number of aromatic nitrogens is 2. The van der Waals surface area contributed by atoms with E-state index in [0.717, 1.165) is 28.8 Å². The van der Waals surface area contributed by atoms with Gasteiger partial charge in [0.05, 0.1) is 18.3 Å². The van der Waals surface area contributed by atoms with Crippen molar-refractivity contribution in [2.45, 2.75) is 26.2 Å². The van der Waals surface area contributed by atoms with Crippen LogP contribution in [0.5, 0.6) is 5.75 Å². The van der Waals surface area contributed by atoms with Gasteiger partial charge in [-0.2, -0.15) is 0 Å². The number of carbonyl (C=O) groups excluding carboxylic acids is 1. The summed E-state index contributed by atoms with van der Waals surface area (Å²) >= 11 is 0. The summed E-state index contributed by atoms with van der Waals surface area (Å²) in [5.41, 5.74) is 1.81. The molecule has 0 bridgehead atoms. The number of nitrogens with one attached hydrogen (secondary N) is 1. The first-order valence-electron chi connectivity index (χ1n) is 6.79. The maximum atomic E-state index is 11.4. The minimum absolute atomic E-state index is 0.0865. The van der Waals surface area contributed by atoms with Crippen LogP contribution < -0.4 is 10.1 Å². The van der Waals surface area contributed by atoms with Crippen LogP contribution in [-0.4, -0.2) is 29.5 Å². The topological polar surface area (TPSA) is 64.1 Å². The van der Waals surface area contributed by atoms with Crippen molar-refractivity contribution >= 4 is 16.8 Å².